The number of aromatic nitrogens is 3. The molecule has 1 N–H and O–H groups in total. The summed E-state index contributed by atoms with van der Waals surface area (Å²) >= 11 is 1.66. The van der Waals surface area contributed by atoms with Gasteiger partial charge in [0.1, 0.15) is 0 Å². The monoisotopic (exact) mass is 347 g/mol. The zero-order valence-electron chi connectivity index (χ0n) is 14.1. The van der Waals surface area contributed by atoms with E-state index in [9.17, 15) is 9.59 Å². The van der Waals surface area contributed by atoms with E-state index in [0.29, 0.717) is 5.69 Å². The summed E-state index contributed by atoms with van der Waals surface area (Å²) in [5, 5.41) is 7.66. The number of fused-ring (bicyclic) bond motifs is 1. The van der Waals surface area contributed by atoms with Crippen LogP contribution in [0.1, 0.15) is 41.4 Å². The number of thiazole rings is 1. The molecule has 2 aromatic rings. The van der Waals surface area contributed by atoms with Gasteiger partial charge < -0.3 is 10.2 Å². The zero-order chi connectivity index (χ0) is 17.3. The van der Waals surface area contributed by atoms with Crippen molar-refractivity contribution in [2.45, 2.75) is 38.6 Å². The second-order valence-electron chi connectivity index (χ2n) is 5.95. The van der Waals surface area contributed by atoms with Gasteiger partial charge in [-0.05, 0) is 25.7 Å². The maximum absolute atomic E-state index is 12.5. The molecule has 3 rings (SSSR count). The van der Waals surface area contributed by atoms with E-state index < -0.39 is 11.8 Å². The highest BCUT2D eigenvalue weighted by molar-refractivity contribution is 7.11. The van der Waals surface area contributed by atoms with Gasteiger partial charge in [0.2, 0.25) is 0 Å². The van der Waals surface area contributed by atoms with Crippen molar-refractivity contribution in [2.24, 2.45) is 7.05 Å². The number of amides is 2. The van der Waals surface area contributed by atoms with Gasteiger partial charge in [-0.2, -0.15) is 5.10 Å². The second kappa shape index (κ2) is 6.72. The van der Waals surface area contributed by atoms with Gasteiger partial charge in [-0.15, -0.1) is 11.3 Å². The van der Waals surface area contributed by atoms with Crippen LogP contribution in [0.2, 0.25) is 0 Å². The van der Waals surface area contributed by atoms with Crippen molar-refractivity contribution in [3.05, 3.63) is 28.0 Å². The molecule has 8 heteroatoms. The van der Waals surface area contributed by atoms with Crippen molar-refractivity contribution in [3.8, 4) is 0 Å². The van der Waals surface area contributed by atoms with Crippen molar-refractivity contribution in [1.82, 2.24) is 19.7 Å². The van der Waals surface area contributed by atoms with Crippen LogP contribution in [0, 0.1) is 0 Å². The van der Waals surface area contributed by atoms with Crippen LogP contribution < -0.4 is 5.32 Å². The van der Waals surface area contributed by atoms with Crippen molar-refractivity contribution in [1.29, 1.82) is 0 Å². The molecule has 0 fully saturated rings. The molecule has 0 unspecified atom stereocenters. The van der Waals surface area contributed by atoms with Crippen LogP contribution in [-0.2, 0) is 29.5 Å². The second-order valence-corrected chi connectivity index (χ2v) is 7.07. The number of anilines is 1. The first kappa shape index (κ1) is 16.6. The highest BCUT2D eigenvalue weighted by atomic mass is 32.1. The third kappa shape index (κ3) is 3.19. The average Bonchev–Trinajstić information content (AvgIpc) is 3.18. The molecule has 1 aliphatic carbocycles. The third-order valence-electron chi connectivity index (χ3n) is 4.21. The first-order valence-corrected chi connectivity index (χ1v) is 8.86. The Morgan fingerprint density at radius 1 is 1.50 bits per heavy atom. The van der Waals surface area contributed by atoms with Gasteiger partial charge in [-0.1, -0.05) is 6.92 Å². The molecule has 0 aromatic carbocycles. The summed E-state index contributed by atoms with van der Waals surface area (Å²) in [5.41, 5.74) is 1.60. The van der Waals surface area contributed by atoms with Crippen molar-refractivity contribution in [3.63, 3.8) is 0 Å². The van der Waals surface area contributed by atoms with Crippen LogP contribution in [-0.4, -0.2) is 38.5 Å². The lowest BCUT2D eigenvalue weighted by Gasteiger charge is -2.30. The minimum absolute atomic E-state index is 0.0706. The fourth-order valence-corrected chi connectivity index (χ4v) is 4.17. The molecule has 2 amide bonds. The molecule has 0 spiro atoms. The molecule has 0 saturated carbocycles. The Bertz CT molecular complexity index is 766. The Labute approximate surface area is 144 Å². The van der Waals surface area contributed by atoms with Gasteiger partial charge >= 0.3 is 11.8 Å². The SMILES string of the molecule is CCc1nc2c(s1)[C@H](N(C)C(=O)C(=O)Nc1cnn(C)c1)CCC2. The summed E-state index contributed by atoms with van der Waals surface area (Å²) in [7, 11) is 3.44. The molecule has 24 heavy (non-hydrogen) atoms. The quantitative estimate of drug-likeness (QED) is 0.860. The van der Waals surface area contributed by atoms with E-state index >= 15 is 0 Å². The number of rotatable bonds is 3. The fourth-order valence-electron chi connectivity index (χ4n) is 2.94. The summed E-state index contributed by atoms with van der Waals surface area (Å²) in [4.78, 5) is 32.1. The Hall–Kier alpha value is -2.22. The smallest absolute Gasteiger partial charge is 0.313 e. The molecule has 7 nitrogen and oxygen atoms in total. The van der Waals surface area contributed by atoms with Gasteiger partial charge in [-0.25, -0.2) is 4.98 Å². The van der Waals surface area contributed by atoms with Gasteiger partial charge in [0.25, 0.3) is 0 Å². The van der Waals surface area contributed by atoms with E-state index in [1.54, 1.807) is 41.2 Å². The molecule has 0 bridgehead atoms. The molecule has 2 aromatic heterocycles. The lowest BCUT2D eigenvalue weighted by molar-refractivity contribution is -0.143. The van der Waals surface area contributed by atoms with Gasteiger partial charge in [0, 0.05) is 20.3 Å². The molecular weight excluding hydrogens is 326 g/mol. The van der Waals surface area contributed by atoms with Crippen LogP contribution >= 0.6 is 11.3 Å². The molecule has 0 radical (unpaired) electrons. The van der Waals surface area contributed by atoms with E-state index in [0.717, 1.165) is 41.3 Å². The van der Waals surface area contributed by atoms with E-state index in [1.807, 2.05) is 0 Å². The number of nitrogens with zero attached hydrogens (tertiary/aromatic N) is 4. The van der Waals surface area contributed by atoms with Crippen LogP contribution in [0.4, 0.5) is 5.69 Å². The Kier molecular flexibility index (Phi) is 4.66. The van der Waals surface area contributed by atoms with E-state index in [1.165, 1.54) is 6.20 Å². The Balaban J connectivity index is 1.74. The van der Waals surface area contributed by atoms with Gasteiger partial charge in [0.05, 0.1) is 33.5 Å². The summed E-state index contributed by atoms with van der Waals surface area (Å²) < 4.78 is 1.57. The lowest BCUT2D eigenvalue weighted by atomic mass is 9.97. The van der Waals surface area contributed by atoms with Crippen LogP contribution in [0.5, 0.6) is 0 Å². The first-order chi connectivity index (χ1) is 11.5. The molecule has 128 valence electrons. The minimum Gasteiger partial charge on any atom is -0.330 e. The largest absolute Gasteiger partial charge is 0.330 e. The number of carbonyl (C=O) groups is 2. The first-order valence-electron chi connectivity index (χ1n) is 8.04. The Morgan fingerprint density at radius 2 is 2.29 bits per heavy atom. The van der Waals surface area contributed by atoms with Gasteiger partial charge in [-0.3, -0.25) is 14.3 Å². The summed E-state index contributed by atoms with van der Waals surface area (Å²) in [6.45, 7) is 2.08. The number of carbonyl (C=O) groups excluding carboxylic acids is 2. The third-order valence-corrected chi connectivity index (χ3v) is 5.56. The lowest BCUT2D eigenvalue weighted by Crippen LogP contribution is -2.40. The number of nitrogens with one attached hydrogen (secondary N) is 1. The van der Waals surface area contributed by atoms with Crippen molar-refractivity contribution in [2.75, 3.05) is 12.4 Å². The van der Waals surface area contributed by atoms with Crippen molar-refractivity contribution >= 4 is 28.8 Å². The molecule has 1 atom stereocenters. The van der Waals surface area contributed by atoms with Crippen LogP contribution in [0.25, 0.3) is 0 Å². The number of hydrogen-bond acceptors (Lipinski definition) is 5. The van der Waals surface area contributed by atoms with E-state index in [2.05, 4.69) is 22.3 Å². The fraction of sp³-hybridized carbons (Fsp3) is 0.500. The van der Waals surface area contributed by atoms with Crippen molar-refractivity contribution < 1.29 is 9.59 Å². The highest BCUT2D eigenvalue weighted by Crippen LogP contribution is 2.37. The van der Waals surface area contributed by atoms with Crippen LogP contribution in [0.3, 0.4) is 0 Å². The number of likely N-dealkylation sites (N-methyl/N-ethyl adjacent to an activating group) is 1. The number of hydrogen-bond donors (Lipinski definition) is 1. The maximum Gasteiger partial charge on any atom is 0.313 e. The summed E-state index contributed by atoms with van der Waals surface area (Å²) in [6, 6.07) is -0.0706. The predicted molar refractivity (Wildman–Crippen MR) is 91.8 cm³/mol. The average molecular weight is 347 g/mol. The number of aryl methyl sites for hydroxylation is 3. The molecule has 1 aliphatic rings. The standard InChI is InChI=1S/C16H21N5O2S/c1-4-13-19-11-6-5-7-12(14(11)24-13)21(3)16(23)15(22)18-10-8-17-20(2)9-10/h8-9,12H,4-7H2,1-3H3,(H,18,22)/t12-/m1/s1. The molecule has 0 saturated heterocycles. The highest BCUT2D eigenvalue weighted by Gasteiger charge is 2.32. The molecule has 2 heterocycles. The summed E-state index contributed by atoms with van der Waals surface area (Å²) in [5.74, 6) is -1.18. The normalized spacial score (nSPS) is 16.5. The zero-order valence-corrected chi connectivity index (χ0v) is 14.9. The predicted octanol–water partition coefficient (Wildman–Crippen LogP) is 1.91. The van der Waals surface area contributed by atoms with Gasteiger partial charge in [0.15, 0.2) is 0 Å². The van der Waals surface area contributed by atoms with E-state index in [4.69, 9.17) is 0 Å². The molecular formula is C16H21N5O2S. The van der Waals surface area contributed by atoms with E-state index in [-0.39, 0.29) is 6.04 Å². The van der Waals surface area contributed by atoms with Crippen LogP contribution in [0.15, 0.2) is 12.4 Å². The minimum atomic E-state index is -0.641. The Morgan fingerprint density at radius 3 is 2.96 bits per heavy atom. The molecule has 0 aliphatic heterocycles. The topological polar surface area (TPSA) is 80.1 Å². The maximum atomic E-state index is 12.5. The summed E-state index contributed by atoms with van der Waals surface area (Å²) in [6.07, 6.45) is 6.85.